The Morgan fingerprint density at radius 1 is 1.13 bits per heavy atom. The molecule has 2 rings (SSSR count). The number of hydrogen-bond donors (Lipinski definition) is 1. The van der Waals surface area contributed by atoms with Crippen molar-refractivity contribution in [3.8, 4) is 0 Å². The fourth-order valence-corrected chi connectivity index (χ4v) is 3.74. The second-order valence-corrected chi connectivity index (χ2v) is 7.50. The number of nitrogens with zero attached hydrogens (tertiary/aromatic N) is 2. The molecule has 1 aromatic heterocycles. The van der Waals surface area contributed by atoms with Crippen molar-refractivity contribution in [3.05, 3.63) is 24.3 Å². The van der Waals surface area contributed by atoms with Gasteiger partial charge in [0.2, 0.25) is 5.13 Å². The van der Waals surface area contributed by atoms with Crippen LogP contribution < -0.4 is 5.32 Å². The number of anilines is 2. The molecule has 0 unspecified atom stereocenters. The van der Waals surface area contributed by atoms with Gasteiger partial charge in [0.15, 0.2) is 4.34 Å². The molecule has 0 aliphatic rings. The van der Waals surface area contributed by atoms with Gasteiger partial charge in [-0.3, -0.25) is 0 Å². The van der Waals surface area contributed by atoms with Gasteiger partial charge in [0.25, 0.3) is 5.76 Å². The van der Waals surface area contributed by atoms with Gasteiger partial charge in [-0.2, -0.15) is 22.0 Å². The number of halogens is 5. The Balaban J connectivity index is 1.86. The first kappa shape index (κ1) is 18.3. The third-order valence-corrected chi connectivity index (χ3v) is 5.04. The van der Waals surface area contributed by atoms with Gasteiger partial charge in [0.1, 0.15) is 0 Å². The summed E-state index contributed by atoms with van der Waals surface area (Å²) in [5.41, 5.74) is 0.631. The minimum atomic E-state index is -4.18. The number of aromatic nitrogens is 2. The molecule has 0 radical (unpaired) electrons. The van der Waals surface area contributed by atoms with Gasteiger partial charge in [-0.1, -0.05) is 34.9 Å². The second kappa shape index (κ2) is 8.15. The highest BCUT2D eigenvalue weighted by Gasteiger charge is 2.26. The summed E-state index contributed by atoms with van der Waals surface area (Å²) in [7, 11) is 0. The summed E-state index contributed by atoms with van der Waals surface area (Å²) in [5.74, 6) is -2.59. The zero-order chi connectivity index (χ0) is 16.9. The van der Waals surface area contributed by atoms with Crippen molar-refractivity contribution in [2.75, 3.05) is 11.1 Å². The smallest absolute Gasteiger partial charge is 0.330 e. The van der Waals surface area contributed by atoms with E-state index in [1.807, 2.05) is 0 Å². The summed E-state index contributed by atoms with van der Waals surface area (Å²) in [4.78, 5) is 0.436. The summed E-state index contributed by atoms with van der Waals surface area (Å²) in [6, 6.07) is 6.31. The highest BCUT2D eigenvalue weighted by Crippen LogP contribution is 2.31. The van der Waals surface area contributed by atoms with Gasteiger partial charge in [0.05, 0.1) is 6.42 Å². The van der Waals surface area contributed by atoms with Crippen LogP contribution in [0, 0.1) is 0 Å². The quantitative estimate of drug-likeness (QED) is 0.492. The fourth-order valence-electron chi connectivity index (χ4n) is 1.42. The standard InChI is InChI=1S/C12H10F5N3S3/c13-9(14)22-8-3-1-7(2-4-8)18-10-19-20-11(23-10)21-6-5-12(15,16)17/h1-4,9H,5-6H2,(H,18,19). The van der Waals surface area contributed by atoms with Crippen LogP contribution in [0.3, 0.4) is 0 Å². The van der Waals surface area contributed by atoms with Crippen molar-refractivity contribution in [1.29, 1.82) is 0 Å². The first-order valence-electron chi connectivity index (χ1n) is 6.17. The summed E-state index contributed by atoms with van der Waals surface area (Å²) in [6.45, 7) is 0. The van der Waals surface area contributed by atoms with Crippen LogP contribution in [0.15, 0.2) is 33.5 Å². The molecule has 23 heavy (non-hydrogen) atoms. The number of hydrogen-bond acceptors (Lipinski definition) is 6. The predicted octanol–water partition coefficient (Wildman–Crippen LogP) is 5.64. The molecule has 0 amide bonds. The molecular weight excluding hydrogens is 377 g/mol. The number of benzene rings is 1. The van der Waals surface area contributed by atoms with E-state index in [0.717, 1.165) is 23.1 Å². The molecule has 0 spiro atoms. The average Bonchev–Trinajstić information content (AvgIpc) is 2.86. The maximum absolute atomic E-state index is 12.2. The van der Waals surface area contributed by atoms with Gasteiger partial charge in [-0.25, -0.2) is 0 Å². The van der Waals surface area contributed by atoms with Crippen molar-refractivity contribution < 1.29 is 22.0 Å². The molecule has 0 aliphatic heterocycles. The Hall–Kier alpha value is -1.07. The number of rotatable bonds is 7. The molecule has 2 aromatic rings. The highest BCUT2D eigenvalue weighted by molar-refractivity contribution is 8.01. The van der Waals surface area contributed by atoms with E-state index in [2.05, 4.69) is 15.5 Å². The van der Waals surface area contributed by atoms with E-state index in [1.54, 1.807) is 24.3 Å². The summed E-state index contributed by atoms with van der Waals surface area (Å²) >= 11 is 2.56. The van der Waals surface area contributed by atoms with Crippen molar-refractivity contribution >= 4 is 45.7 Å². The average molecular weight is 387 g/mol. The lowest BCUT2D eigenvalue weighted by molar-refractivity contribution is -0.129. The fraction of sp³-hybridized carbons (Fsp3) is 0.333. The first-order valence-corrected chi connectivity index (χ1v) is 8.85. The molecule has 1 N–H and O–H groups in total. The van der Waals surface area contributed by atoms with Gasteiger partial charge in [-0.15, -0.1) is 10.2 Å². The maximum atomic E-state index is 12.2. The first-order chi connectivity index (χ1) is 10.8. The number of nitrogens with one attached hydrogen (secondary N) is 1. The van der Waals surface area contributed by atoms with Crippen molar-refractivity contribution in [3.63, 3.8) is 0 Å². The molecule has 0 atom stereocenters. The summed E-state index contributed by atoms with van der Waals surface area (Å²) in [5, 5.41) is 11.0. The number of thioether (sulfide) groups is 2. The minimum Gasteiger partial charge on any atom is -0.330 e. The summed E-state index contributed by atoms with van der Waals surface area (Å²) < 4.78 is 61.0. The molecule has 3 nitrogen and oxygen atoms in total. The Bertz CT molecular complexity index is 615. The van der Waals surface area contributed by atoms with Gasteiger partial charge in [-0.05, 0) is 24.3 Å². The van der Waals surface area contributed by atoms with Crippen LogP contribution in [-0.4, -0.2) is 27.9 Å². The van der Waals surface area contributed by atoms with E-state index in [1.165, 1.54) is 0 Å². The maximum Gasteiger partial charge on any atom is 0.389 e. The molecule has 126 valence electrons. The third kappa shape index (κ3) is 6.92. The third-order valence-electron chi connectivity index (χ3n) is 2.35. The zero-order valence-electron chi connectivity index (χ0n) is 11.3. The Labute approximate surface area is 141 Å². The van der Waals surface area contributed by atoms with E-state index in [-0.39, 0.29) is 5.75 Å². The van der Waals surface area contributed by atoms with Crippen LogP contribution in [0.25, 0.3) is 0 Å². The van der Waals surface area contributed by atoms with Crippen molar-refractivity contribution in [1.82, 2.24) is 10.2 Å². The SMILES string of the molecule is FC(F)Sc1ccc(Nc2nnc(SCCC(F)(F)F)s2)cc1. The van der Waals surface area contributed by atoms with E-state index < -0.39 is 18.4 Å². The van der Waals surface area contributed by atoms with E-state index in [9.17, 15) is 22.0 Å². The van der Waals surface area contributed by atoms with Crippen LogP contribution >= 0.6 is 34.9 Å². The van der Waals surface area contributed by atoms with E-state index in [0.29, 0.717) is 31.8 Å². The Morgan fingerprint density at radius 2 is 1.83 bits per heavy atom. The lowest BCUT2D eigenvalue weighted by Gasteiger charge is -2.04. The molecule has 1 heterocycles. The monoisotopic (exact) mass is 387 g/mol. The van der Waals surface area contributed by atoms with Gasteiger partial charge >= 0.3 is 6.18 Å². The number of alkyl halides is 5. The van der Waals surface area contributed by atoms with Crippen molar-refractivity contribution in [2.45, 2.75) is 27.6 Å². The summed E-state index contributed by atoms with van der Waals surface area (Å²) in [6.07, 6.45) is -5.07. The normalized spacial score (nSPS) is 11.9. The van der Waals surface area contributed by atoms with Crippen LogP contribution in [0.1, 0.15) is 6.42 Å². The minimum absolute atomic E-state index is 0.113. The van der Waals surface area contributed by atoms with Gasteiger partial charge < -0.3 is 5.32 Å². The molecule has 0 fully saturated rings. The molecule has 0 saturated carbocycles. The Morgan fingerprint density at radius 3 is 2.43 bits per heavy atom. The molecular formula is C12H10F5N3S3. The molecule has 0 saturated heterocycles. The van der Waals surface area contributed by atoms with Crippen LogP contribution in [-0.2, 0) is 0 Å². The van der Waals surface area contributed by atoms with Crippen LogP contribution in [0.4, 0.5) is 32.8 Å². The largest absolute Gasteiger partial charge is 0.389 e. The Kier molecular flexibility index (Phi) is 6.48. The highest BCUT2D eigenvalue weighted by atomic mass is 32.2. The molecule has 11 heteroatoms. The molecule has 0 bridgehead atoms. The zero-order valence-corrected chi connectivity index (χ0v) is 13.8. The molecule has 1 aromatic carbocycles. The lowest BCUT2D eigenvalue weighted by Crippen LogP contribution is -2.07. The predicted molar refractivity (Wildman–Crippen MR) is 82.9 cm³/mol. The molecule has 0 aliphatic carbocycles. The topological polar surface area (TPSA) is 37.8 Å². The van der Waals surface area contributed by atoms with Crippen LogP contribution in [0.2, 0.25) is 0 Å². The van der Waals surface area contributed by atoms with Crippen molar-refractivity contribution in [2.24, 2.45) is 0 Å². The van der Waals surface area contributed by atoms with Crippen LogP contribution in [0.5, 0.6) is 0 Å². The lowest BCUT2D eigenvalue weighted by atomic mass is 10.3. The second-order valence-electron chi connectivity index (χ2n) is 4.11. The van der Waals surface area contributed by atoms with Gasteiger partial charge in [0, 0.05) is 16.3 Å². The van der Waals surface area contributed by atoms with E-state index >= 15 is 0 Å². The van der Waals surface area contributed by atoms with E-state index in [4.69, 9.17) is 0 Å².